The third kappa shape index (κ3) is 4.21. The van der Waals surface area contributed by atoms with E-state index in [2.05, 4.69) is 17.8 Å². The summed E-state index contributed by atoms with van der Waals surface area (Å²) >= 11 is 0. The molecule has 1 rings (SSSR count). The summed E-state index contributed by atoms with van der Waals surface area (Å²) in [5.41, 5.74) is 1.10. The van der Waals surface area contributed by atoms with Crippen molar-refractivity contribution in [2.45, 2.75) is 6.10 Å². The summed E-state index contributed by atoms with van der Waals surface area (Å²) in [4.78, 5) is 1.78. The standard InChI is InChI=1S/C18H19NO3/c1-6-9-19(10-7-2)13-16(20)15-12-18(22-5)17(21-4)11-14(15)8-3/h1-3,11-12,16,20H,9-10,13H2,4-5H3. The molecule has 0 spiro atoms. The van der Waals surface area contributed by atoms with Crippen LogP contribution in [0.5, 0.6) is 11.5 Å². The highest BCUT2D eigenvalue weighted by molar-refractivity contribution is 5.53. The normalized spacial score (nSPS) is 11.1. The first-order chi connectivity index (χ1) is 10.6. The average Bonchev–Trinajstić information content (AvgIpc) is 2.53. The monoisotopic (exact) mass is 297 g/mol. The Kier molecular flexibility index (Phi) is 6.87. The first-order valence-electron chi connectivity index (χ1n) is 6.61. The first-order valence-corrected chi connectivity index (χ1v) is 6.61. The maximum absolute atomic E-state index is 10.5. The Morgan fingerprint density at radius 1 is 1.09 bits per heavy atom. The molecule has 4 nitrogen and oxygen atoms in total. The highest BCUT2D eigenvalue weighted by atomic mass is 16.5. The van der Waals surface area contributed by atoms with Crippen molar-refractivity contribution in [3.63, 3.8) is 0 Å². The van der Waals surface area contributed by atoms with Gasteiger partial charge in [-0.2, -0.15) is 0 Å². The van der Waals surface area contributed by atoms with Crippen LogP contribution in [0.4, 0.5) is 0 Å². The molecule has 1 aromatic carbocycles. The first kappa shape index (κ1) is 17.5. The fraction of sp³-hybridized carbons (Fsp3) is 0.333. The fourth-order valence-electron chi connectivity index (χ4n) is 2.08. The third-order valence-electron chi connectivity index (χ3n) is 3.13. The zero-order valence-corrected chi connectivity index (χ0v) is 12.8. The molecule has 0 amide bonds. The number of aliphatic hydroxyl groups excluding tert-OH is 1. The molecule has 1 aromatic rings. The smallest absolute Gasteiger partial charge is 0.161 e. The van der Waals surface area contributed by atoms with Crippen LogP contribution in [0, 0.1) is 37.0 Å². The van der Waals surface area contributed by atoms with Gasteiger partial charge in [0.05, 0.1) is 33.4 Å². The van der Waals surface area contributed by atoms with Gasteiger partial charge in [0.2, 0.25) is 0 Å². The molecule has 4 heteroatoms. The van der Waals surface area contributed by atoms with Crippen molar-refractivity contribution in [3.05, 3.63) is 23.3 Å². The molecule has 0 heterocycles. The van der Waals surface area contributed by atoms with Crippen molar-refractivity contribution in [1.29, 1.82) is 0 Å². The van der Waals surface area contributed by atoms with Gasteiger partial charge in [-0.25, -0.2) is 0 Å². The largest absolute Gasteiger partial charge is 0.493 e. The Labute approximate surface area is 132 Å². The number of hydrogen-bond donors (Lipinski definition) is 1. The van der Waals surface area contributed by atoms with Gasteiger partial charge < -0.3 is 14.6 Å². The van der Waals surface area contributed by atoms with Gasteiger partial charge in [0, 0.05) is 17.7 Å². The molecule has 1 atom stereocenters. The number of terminal acetylenes is 3. The van der Waals surface area contributed by atoms with Crippen LogP contribution in [0.3, 0.4) is 0 Å². The lowest BCUT2D eigenvalue weighted by Gasteiger charge is -2.22. The molecule has 22 heavy (non-hydrogen) atoms. The van der Waals surface area contributed by atoms with Gasteiger partial charge in [-0.15, -0.1) is 19.3 Å². The zero-order chi connectivity index (χ0) is 16.5. The van der Waals surface area contributed by atoms with Crippen molar-refractivity contribution < 1.29 is 14.6 Å². The Bertz CT molecular complexity index is 615. The average molecular weight is 297 g/mol. The van der Waals surface area contributed by atoms with Crippen LogP contribution in [0.1, 0.15) is 17.2 Å². The van der Waals surface area contributed by atoms with E-state index in [9.17, 15) is 5.11 Å². The molecule has 0 bridgehead atoms. The highest BCUT2D eigenvalue weighted by Gasteiger charge is 2.18. The number of benzene rings is 1. The topological polar surface area (TPSA) is 41.9 Å². The Morgan fingerprint density at radius 3 is 2.09 bits per heavy atom. The van der Waals surface area contributed by atoms with Gasteiger partial charge in [0.1, 0.15) is 0 Å². The molecule has 0 saturated heterocycles. The molecular weight excluding hydrogens is 278 g/mol. The number of hydrogen-bond acceptors (Lipinski definition) is 4. The molecule has 1 unspecified atom stereocenters. The van der Waals surface area contributed by atoms with Gasteiger partial charge in [-0.1, -0.05) is 17.8 Å². The number of ether oxygens (including phenoxy) is 2. The zero-order valence-electron chi connectivity index (χ0n) is 12.8. The quantitative estimate of drug-likeness (QED) is 0.770. The second-order valence-corrected chi connectivity index (χ2v) is 4.53. The minimum absolute atomic E-state index is 0.276. The predicted octanol–water partition coefficient (Wildman–Crippen LogP) is 1.29. The van der Waals surface area contributed by atoms with E-state index in [1.807, 2.05) is 0 Å². The fourth-order valence-corrected chi connectivity index (χ4v) is 2.08. The van der Waals surface area contributed by atoms with Crippen LogP contribution in [0.15, 0.2) is 12.1 Å². The highest BCUT2D eigenvalue weighted by Crippen LogP contribution is 2.33. The summed E-state index contributed by atoms with van der Waals surface area (Å²) in [6, 6.07) is 3.33. The Balaban J connectivity index is 3.11. The van der Waals surface area contributed by atoms with E-state index in [0.717, 1.165) is 0 Å². The summed E-state index contributed by atoms with van der Waals surface area (Å²) in [6.45, 7) is 0.971. The minimum atomic E-state index is -0.840. The van der Waals surface area contributed by atoms with Crippen molar-refractivity contribution in [3.8, 4) is 48.5 Å². The lowest BCUT2D eigenvalue weighted by atomic mass is 10.0. The third-order valence-corrected chi connectivity index (χ3v) is 3.13. The van der Waals surface area contributed by atoms with Crippen molar-refractivity contribution in [1.82, 2.24) is 4.90 Å². The van der Waals surface area contributed by atoms with Crippen LogP contribution in [-0.2, 0) is 0 Å². The Morgan fingerprint density at radius 2 is 1.64 bits per heavy atom. The summed E-state index contributed by atoms with van der Waals surface area (Å²) < 4.78 is 10.4. The number of aliphatic hydroxyl groups is 1. The van der Waals surface area contributed by atoms with E-state index >= 15 is 0 Å². The van der Waals surface area contributed by atoms with E-state index in [1.165, 1.54) is 14.2 Å². The van der Waals surface area contributed by atoms with Crippen LogP contribution in [0.2, 0.25) is 0 Å². The second kappa shape index (κ2) is 8.65. The molecule has 0 saturated carbocycles. The van der Waals surface area contributed by atoms with Crippen molar-refractivity contribution in [2.24, 2.45) is 0 Å². The van der Waals surface area contributed by atoms with Gasteiger partial charge in [0.25, 0.3) is 0 Å². The van der Waals surface area contributed by atoms with Crippen LogP contribution in [0.25, 0.3) is 0 Å². The lowest BCUT2D eigenvalue weighted by molar-refractivity contribution is 0.127. The van der Waals surface area contributed by atoms with Crippen LogP contribution < -0.4 is 9.47 Å². The van der Waals surface area contributed by atoms with E-state index in [0.29, 0.717) is 35.7 Å². The maximum atomic E-state index is 10.5. The SMILES string of the molecule is C#CCN(CC#C)CC(O)c1cc(OC)c(OC)cc1C#C. The van der Waals surface area contributed by atoms with Crippen LogP contribution in [-0.4, -0.2) is 43.9 Å². The number of nitrogens with zero attached hydrogens (tertiary/aromatic N) is 1. The van der Waals surface area contributed by atoms with E-state index in [-0.39, 0.29) is 6.54 Å². The number of rotatable bonds is 7. The summed E-state index contributed by atoms with van der Waals surface area (Å²) in [6.07, 6.45) is 15.3. The summed E-state index contributed by atoms with van der Waals surface area (Å²) in [7, 11) is 3.04. The predicted molar refractivity (Wildman–Crippen MR) is 86.5 cm³/mol. The summed E-state index contributed by atoms with van der Waals surface area (Å²) in [5.74, 6) is 8.58. The van der Waals surface area contributed by atoms with Gasteiger partial charge in [-0.3, -0.25) is 4.90 Å². The Hall–Kier alpha value is -2.58. The van der Waals surface area contributed by atoms with Crippen LogP contribution >= 0.6 is 0 Å². The molecule has 0 radical (unpaired) electrons. The lowest BCUT2D eigenvalue weighted by Crippen LogP contribution is -2.29. The molecule has 0 aliphatic carbocycles. The molecule has 0 aromatic heterocycles. The number of methoxy groups -OCH3 is 2. The maximum Gasteiger partial charge on any atom is 0.161 e. The molecule has 1 N–H and O–H groups in total. The summed E-state index contributed by atoms with van der Waals surface area (Å²) in [5, 5.41) is 10.5. The molecule has 0 fully saturated rings. The molecule has 0 aliphatic heterocycles. The van der Waals surface area contributed by atoms with Gasteiger partial charge >= 0.3 is 0 Å². The van der Waals surface area contributed by atoms with E-state index < -0.39 is 6.10 Å². The van der Waals surface area contributed by atoms with Gasteiger partial charge in [-0.05, 0) is 12.1 Å². The van der Waals surface area contributed by atoms with E-state index in [4.69, 9.17) is 28.7 Å². The molecule has 0 aliphatic rings. The second-order valence-electron chi connectivity index (χ2n) is 4.53. The minimum Gasteiger partial charge on any atom is -0.493 e. The van der Waals surface area contributed by atoms with Crippen molar-refractivity contribution in [2.75, 3.05) is 33.9 Å². The van der Waals surface area contributed by atoms with Crippen molar-refractivity contribution >= 4 is 0 Å². The molecular formula is C18H19NO3. The van der Waals surface area contributed by atoms with Gasteiger partial charge in [0.15, 0.2) is 11.5 Å². The van der Waals surface area contributed by atoms with E-state index in [1.54, 1.807) is 17.0 Å². The molecule has 114 valence electrons.